The van der Waals surface area contributed by atoms with E-state index in [0.717, 1.165) is 5.69 Å². The highest BCUT2D eigenvalue weighted by Crippen LogP contribution is 2.42. The topological polar surface area (TPSA) is 42.8 Å². The van der Waals surface area contributed by atoms with Crippen molar-refractivity contribution < 1.29 is 9.47 Å². The molecule has 23 heavy (non-hydrogen) atoms. The molecule has 1 N–H and O–H groups in total. The molecule has 0 unspecified atom stereocenters. The Bertz CT molecular complexity index is 676. The third kappa shape index (κ3) is 4.53. The van der Waals surface area contributed by atoms with Gasteiger partial charge in [0.25, 0.3) is 0 Å². The summed E-state index contributed by atoms with van der Waals surface area (Å²) in [6.07, 6.45) is 1.62. The predicted octanol–water partition coefficient (Wildman–Crippen LogP) is 5.24. The van der Waals surface area contributed by atoms with Gasteiger partial charge in [0.05, 0.1) is 30.1 Å². The average Bonchev–Trinajstić information content (AvgIpc) is 2.56. The molecule has 0 bridgehead atoms. The number of nitrogens with one attached hydrogen (secondary N) is 1. The summed E-state index contributed by atoms with van der Waals surface area (Å²) in [7, 11) is 0. The van der Waals surface area contributed by atoms with Crippen molar-refractivity contribution in [3.05, 3.63) is 52.0 Å². The molecule has 0 aliphatic carbocycles. The molecule has 0 spiro atoms. The Morgan fingerprint density at radius 3 is 2.35 bits per heavy atom. The van der Waals surface area contributed by atoms with Crippen LogP contribution in [-0.4, -0.2) is 19.4 Å². The summed E-state index contributed by atoms with van der Waals surface area (Å²) in [5, 5.41) is 4.97. The van der Waals surface area contributed by atoms with E-state index in [9.17, 15) is 0 Å². The van der Waals surface area contributed by atoms with Gasteiger partial charge in [0.15, 0.2) is 11.5 Å². The van der Waals surface area contributed by atoms with Crippen molar-refractivity contribution in [3.8, 4) is 11.5 Å². The van der Waals surface area contributed by atoms with E-state index in [4.69, 9.17) is 32.7 Å². The summed E-state index contributed by atoms with van der Waals surface area (Å²) in [4.78, 5) is 0. The molecular formula is C17H18Cl2N2O2. The Labute approximate surface area is 146 Å². The Kier molecular flexibility index (Phi) is 6.56. The summed E-state index contributed by atoms with van der Waals surface area (Å²) in [6, 6.07) is 11.3. The van der Waals surface area contributed by atoms with E-state index in [2.05, 4.69) is 10.5 Å². The highest BCUT2D eigenvalue weighted by Gasteiger charge is 2.17. The van der Waals surface area contributed by atoms with Gasteiger partial charge in [-0.05, 0) is 32.0 Å². The van der Waals surface area contributed by atoms with Crippen molar-refractivity contribution in [3.63, 3.8) is 0 Å². The van der Waals surface area contributed by atoms with E-state index in [-0.39, 0.29) is 0 Å². The van der Waals surface area contributed by atoms with Gasteiger partial charge in [-0.3, -0.25) is 5.43 Å². The van der Waals surface area contributed by atoms with E-state index in [0.29, 0.717) is 40.3 Å². The normalized spacial score (nSPS) is 10.8. The molecule has 0 aliphatic rings. The zero-order valence-corrected chi connectivity index (χ0v) is 14.5. The van der Waals surface area contributed by atoms with E-state index in [1.54, 1.807) is 12.3 Å². The zero-order chi connectivity index (χ0) is 16.7. The van der Waals surface area contributed by atoms with Crippen LogP contribution < -0.4 is 14.9 Å². The second kappa shape index (κ2) is 8.65. The Hall–Kier alpha value is -1.91. The molecule has 6 heteroatoms. The van der Waals surface area contributed by atoms with Crippen LogP contribution in [-0.2, 0) is 0 Å². The maximum absolute atomic E-state index is 6.36. The minimum atomic E-state index is 0.349. The first kappa shape index (κ1) is 17.4. The van der Waals surface area contributed by atoms with Crippen LogP contribution in [0.15, 0.2) is 41.5 Å². The molecule has 0 amide bonds. The molecular weight excluding hydrogens is 335 g/mol. The van der Waals surface area contributed by atoms with Gasteiger partial charge in [-0.25, -0.2) is 0 Å². The van der Waals surface area contributed by atoms with Crippen molar-refractivity contribution in [2.75, 3.05) is 18.6 Å². The number of hydrogen-bond donors (Lipinski definition) is 1. The van der Waals surface area contributed by atoms with Gasteiger partial charge in [0.2, 0.25) is 0 Å². The van der Waals surface area contributed by atoms with Crippen LogP contribution in [0.5, 0.6) is 11.5 Å². The van der Waals surface area contributed by atoms with Crippen LogP contribution >= 0.6 is 23.2 Å². The van der Waals surface area contributed by atoms with Crippen molar-refractivity contribution >= 4 is 35.1 Å². The van der Waals surface area contributed by atoms with Crippen molar-refractivity contribution in [2.45, 2.75) is 13.8 Å². The molecule has 2 aromatic rings. The van der Waals surface area contributed by atoms with Crippen molar-refractivity contribution in [1.82, 2.24) is 0 Å². The monoisotopic (exact) mass is 352 g/mol. The van der Waals surface area contributed by atoms with Gasteiger partial charge in [-0.1, -0.05) is 41.4 Å². The molecule has 0 aliphatic heterocycles. The molecule has 0 radical (unpaired) electrons. The molecule has 122 valence electrons. The van der Waals surface area contributed by atoms with E-state index in [1.165, 1.54) is 0 Å². The molecule has 0 fully saturated rings. The summed E-state index contributed by atoms with van der Waals surface area (Å²) < 4.78 is 11.1. The van der Waals surface area contributed by atoms with Crippen LogP contribution in [0.2, 0.25) is 10.0 Å². The van der Waals surface area contributed by atoms with E-state index < -0.39 is 0 Å². The minimum Gasteiger partial charge on any atom is -0.491 e. The first-order valence-electron chi connectivity index (χ1n) is 7.29. The van der Waals surface area contributed by atoms with Gasteiger partial charge in [0.1, 0.15) is 5.02 Å². The molecule has 0 atom stereocenters. The fraction of sp³-hybridized carbons (Fsp3) is 0.235. The number of para-hydroxylation sites is 1. The second-order valence-corrected chi connectivity index (χ2v) is 5.31. The summed E-state index contributed by atoms with van der Waals surface area (Å²) in [5.41, 5.74) is 4.49. The maximum atomic E-state index is 6.36. The quantitative estimate of drug-likeness (QED) is 0.547. The predicted molar refractivity (Wildman–Crippen MR) is 96.5 cm³/mol. The maximum Gasteiger partial charge on any atom is 0.160 e. The van der Waals surface area contributed by atoms with Gasteiger partial charge < -0.3 is 9.47 Å². The van der Waals surface area contributed by atoms with Crippen LogP contribution in [0, 0.1) is 0 Å². The number of benzene rings is 2. The standard InChI is InChI=1S/C17H18Cl2N2O2/c1-3-22-16-12(10-14(18)17(15(16)19)23-4-2)11-20-21-13-8-6-5-7-9-13/h5-11,21H,3-4H2,1-2H3. The van der Waals surface area contributed by atoms with E-state index >= 15 is 0 Å². The van der Waals surface area contributed by atoms with Crippen molar-refractivity contribution in [1.29, 1.82) is 0 Å². The zero-order valence-electron chi connectivity index (χ0n) is 13.0. The Balaban J connectivity index is 2.29. The second-order valence-electron chi connectivity index (χ2n) is 4.52. The number of anilines is 1. The van der Waals surface area contributed by atoms with Crippen LogP contribution in [0.3, 0.4) is 0 Å². The van der Waals surface area contributed by atoms with E-state index in [1.807, 2.05) is 44.2 Å². The largest absolute Gasteiger partial charge is 0.491 e. The first-order chi connectivity index (χ1) is 11.2. The fourth-order valence-electron chi connectivity index (χ4n) is 1.95. The number of hydrogen-bond acceptors (Lipinski definition) is 4. The van der Waals surface area contributed by atoms with Gasteiger partial charge in [-0.2, -0.15) is 5.10 Å². The summed E-state index contributed by atoms with van der Waals surface area (Å²) >= 11 is 12.6. The highest BCUT2D eigenvalue weighted by atomic mass is 35.5. The summed E-state index contributed by atoms with van der Waals surface area (Å²) in [6.45, 7) is 4.69. The average molecular weight is 353 g/mol. The first-order valence-corrected chi connectivity index (χ1v) is 8.04. The highest BCUT2D eigenvalue weighted by molar-refractivity contribution is 6.38. The molecule has 0 saturated carbocycles. The number of hydrazone groups is 1. The SMILES string of the molecule is CCOc1c(Cl)cc(C=NNc2ccccc2)c(OCC)c1Cl. The summed E-state index contributed by atoms with van der Waals surface area (Å²) in [5.74, 6) is 0.924. The van der Waals surface area contributed by atoms with Crippen molar-refractivity contribution in [2.24, 2.45) is 5.10 Å². The van der Waals surface area contributed by atoms with Crippen LogP contribution in [0.1, 0.15) is 19.4 Å². The third-order valence-corrected chi connectivity index (χ3v) is 3.53. The number of ether oxygens (including phenoxy) is 2. The smallest absolute Gasteiger partial charge is 0.160 e. The molecule has 0 saturated heterocycles. The molecule has 2 aromatic carbocycles. The van der Waals surface area contributed by atoms with Gasteiger partial charge >= 0.3 is 0 Å². The number of nitrogens with zero attached hydrogens (tertiary/aromatic N) is 1. The third-order valence-electron chi connectivity index (χ3n) is 2.91. The number of rotatable bonds is 7. The minimum absolute atomic E-state index is 0.349. The fourth-order valence-corrected chi connectivity index (χ4v) is 2.59. The lowest BCUT2D eigenvalue weighted by atomic mass is 10.2. The molecule has 2 rings (SSSR count). The lowest BCUT2D eigenvalue weighted by molar-refractivity contribution is 0.323. The molecule has 0 heterocycles. The van der Waals surface area contributed by atoms with Gasteiger partial charge in [0, 0.05) is 5.56 Å². The lowest BCUT2D eigenvalue weighted by Crippen LogP contribution is -2.02. The number of halogens is 2. The van der Waals surface area contributed by atoms with Crippen LogP contribution in [0.4, 0.5) is 5.69 Å². The Morgan fingerprint density at radius 2 is 1.70 bits per heavy atom. The molecule has 0 aromatic heterocycles. The van der Waals surface area contributed by atoms with Gasteiger partial charge in [-0.15, -0.1) is 0 Å². The van der Waals surface area contributed by atoms with Crippen LogP contribution in [0.25, 0.3) is 0 Å². The Morgan fingerprint density at radius 1 is 1.04 bits per heavy atom. The molecule has 4 nitrogen and oxygen atoms in total. The lowest BCUT2D eigenvalue weighted by Gasteiger charge is -2.15.